The summed E-state index contributed by atoms with van der Waals surface area (Å²) in [6.45, 7) is 0. The third-order valence-corrected chi connectivity index (χ3v) is 1.60. The Kier molecular flexibility index (Phi) is 3.67. The monoisotopic (exact) mass is 193 g/mol. The SMILES string of the molecule is COC(=O)C=Cc1ncccc1OC. The van der Waals surface area contributed by atoms with Gasteiger partial charge in [0.25, 0.3) is 0 Å². The Bertz CT molecular complexity index is 347. The topological polar surface area (TPSA) is 48.4 Å². The molecule has 0 amide bonds. The molecule has 0 atom stereocenters. The van der Waals surface area contributed by atoms with E-state index < -0.39 is 5.97 Å². The molecule has 0 saturated carbocycles. The molecule has 14 heavy (non-hydrogen) atoms. The lowest BCUT2D eigenvalue weighted by Crippen LogP contribution is -1.94. The summed E-state index contributed by atoms with van der Waals surface area (Å²) < 4.78 is 9.50. The number of nitrogens with zero attached hydrogens (tertiary/aromatic N) is 1. The number of ether oxygens (including phenoxy) is 2. The predicted molar refractivity (Wildman–Crippen MR) is 51.8 cm³/mol. The van der Waals surface area contributed by atoms with E-state index >= 15 is 0 Å². The molecule has 1 aromatic rings. The fourth-order valence-corrected chi connectivity index (χ4v) is 0.916. The van der Waals surface area contributed by atoms with Crippen LogP contribution < -0.4 is 4.74 Å². The number of aromatic nitrogens is 1. The Labute approximate surface area is 82.2 Å². The average Bonchev–Trinajstić information content (AvgIpc) is 2.26. The highest BCUT2D eigenvalue weighted by Gasteiger charge is 1.99. The van der Waals surface area contributed by atoms with Gasteiger partial charge in [0, 0.05) is 12.3 Å². The maximum Gasteiger partial charge on any atom is 0.330 e. The van der Waals surface area contributed by atoms with Crippen molar-refractivity contribution >= 4 is 12.0 Å². The first-order chi connectivity index (χ1) is 6.77. The van der Waals surface area contributed by atoms with Crippen LogP contribution in [-0.4, -0.2) is 25.2 Å². The molecule has 0 unspecified atom stereocenters. The maximum absolute atomic E-state index is 10.8. The Morgan fingerprint density at radius 1 is 1.50 bits per heavy atom. The van der Waals surface area contributed by atoms with Crippen LogP contribution >= 0.6 is 0 Å². The second-order valence-corrected chi connectivity index (χ2v) is 2.45. The Hall–Kier alpha value is -1.84. The van der Waals surface area contributed by atoms with Crippen molar-refractivity contribution < 1.29 is 14.3 Å². The van der Waals surface area contributed by atoms with E-state index in [4.69, 9.17) is 4.74 Å². The second-order valence-electron chi connectivity index (χ2n) is 2.45. The van der Waals surface area contributed by atoms with Crippen LogP contribution in [0.2, 0.25) is 0 Å². The molecule has 1 aromatic heterocycles. The molecule has 1 rings (SSSR count). The van der Waals surface area contributed by atoms with Gasteiger partial charge in [-0.15, -0.1) is 0 Å². The molecule has 74 valence electrons. The molecule has 0 N–H and O–H groups in total. The number of methoxy groups -OCH3 is 2. The molecule has 0 aromatic carbocycles. The van der Waals surface area contributed by atoms with Gasteiger partial charge in [-0.2, -0.15) is 0 Å². The number of hydrogen-bond acceptors (Lipinski definition) is 4. The molecular weight excluding hydrogens is 182 g/mol. The van der Waals surface area contributed by atoms with Crippen LogP contribution in [0.25, 0.3) is 6.08 Å². The summed E-state index contributed by atoms with van der Waals surface area (Å²) in [4.78, 5) is 14.8. The van der Waals surface area contributed by atoms with Crippen LogP contribution in [0.3, 0.4) is 0 Å². The first kappa shape index (κ1) is 10.2. The van der Waals surface area contributed by atoms with Crippen molar-refractivity contribution in [1.29, 1.82) is 0 Å². The van der Waals surface area contributed by atoms with Crippen LogP contribution in [0.4, 0.5) is 0 Å². The Morgan fingerprint density at radius 2 is 2.29 bits per heavy atom. The number of carbonyl (C=O) groups is 1. The lowest BCUT2D eigenvalue weighted by Gasteiger charge is -2.01. The molecule has 0 radical (unpaired) electrons. The van der Waals surface area contributed by atoms with Gasteiger partial charge >= 0.3 is 5.97 Å². The van der Waals surface area contributed by atoms with E-state index in [1.165, 1.54) is 13.2 Å². The third-order valence-electron chi connectivity index (χ3n) is 1.60. The van der Waals surface area contributed by atoms with E-state index in [0.717, 1.165) is 0 Å². The number of rotatable bonds is 3. The molecule has 0 aliphatic heterocycles. The van der Waals surface area contributed by atoms with Crippen LogP contribution in [0, 0.1) is 0 Å². The minimum Gasteiger partial charge on any atom is -0.494 e. The van der Waals surface area contributed by atoms with Crippen molar-refractivity contribution in [2.24, 2.45) is 0 Å². The molecule has 0 aliphatic carbocycles. The molecule has 0 fully saturated rings. The van der Waals surface area contributed by atoms with Crippen LogP contribution in [0.5, 0.6) is 5.75 Å². The Balaban J connectivity index is 2.85. The molecule has 0 saturated heterocycles. The summed E-state index contributed by atoms with van der Waals surface area (Å²) in [5.41, 5.74) is 0.598. The minimum absolute atomic E-state index is 0.419. The molecular formula is C10H11NO3. The quantitative estimate of drug-likeness (QED) is 0.536. The summed E-state index contributed by atoms with van der Waals surface area (Å²) >= 11 is 0. The summed E-state index contributed by atoms with van der Waals surface area (Å²) in [7, 11) is 2.87. The zero-order valence-corrected chi connectivity index (χ0v) is 8.06. The van der Waals surface area contributed by atoms with Crippen molar-refractivity contribution in [3.05, 3.63) is 30.1 Å². The highest BCUT2D eigenvalue weighted by atomic mass is 16.5. The van der Waals surface area contributed by atoms with Gasteiger partial charge in [-0.1, -0.05) is 0 Å². The lowest BCUT2D eigenvalue weighted by molar-refractivity contribution is -0.134. The first-order valence-electron chi connectivity index (χ1n) is 4.03. The summed E-state index contributed by atoms with van der Waals surface area (Å²) in [6.07, 6.45) is 4.47. The van der Waals surface area contributed by atoms with Gasteiger partial charge in [-0.05, 0) is 18.2 Å². The van der Waals surface area contributed by atoms with Crippen LogP contribution in [0.15, 0.2) is 24.4 Å². The van der Waals surface area contributed by atoms with Gasteiger partial charge in [-0.3, -0.25) is 4.98 Å². The molecule has 0 bridgehead atoms. The Morgan fingerprint density at radius 3 is 2.93 bits per heavy atom. The van der Waals surface area contributed by atoms with E-state index in [1.54, 1.807) is 31.5 Å². The molecule has 0 spiro atoms. The van der Waals surface area contributed by atoms with Gasteiger partial charge < -0.3 is 9.47 Å². The summed E-state index contributed by atoms with van der Waals surface area (Å²) in [6, 6.07) is 3.53. The zero-order chi connectivity index (χ0) is 10.4. The van der Waals surface area contributed by atoms with E-state index in [0.29, 0.717) is 11.4 Å². The van der Waals surface area contributed by atoms with Crippen LogP contribution in [0.1, 0.15) is 5.69 Å². The number of hydrogen-bond donors (Lipinski definition) is 0. The molecule has 4 heteroatoms. The highest BCUT2D eigenvalue weighted by molar-refractivity contribution is 5.87. The third kappa shape index (κ3) is 2.58. The van der Waals surface area contributed by atoms with Crippen molar-refractivity contribution in [1.82, 2.24) is 4.98 Å². The van der Waals surface area contributed by atoms with E-state index in [9.17, 15) is 4.79 Å². The number of esters is 1. The van der Waals surface area contributed by atoms with Crippen molar-refractivity contribution in [2.75, 3.05) is 14.2 Å². The summed E-state index contributed by atoms with van der Waals surface area (Å²) in [5, 5.41) is 0. The van der Waals surface area contributed by atoms with Crippen molar-refractivity contribution in [2.45, 2.75) is 0 Å². The smallest absolute Gasteiger partial charge is 0.330 e. The highest BCUT2D eigenvalue weighted by Crippen LogP contribution is 2.15. The van der Waals surface area contributed by atoms with Gasteiger partial charge in [-0.25, -0.2) is 4.79 Å². The normalized spacial score (nSPS) is 10.1. The van der Waals surface area contributed by atoms with Crippen molar-refractivity contribution in [3.8, 4) is 5.75 Å². The molecule has 0 aliphatic rings. The minimum atomic E-state index is -0.419. The predicted octanol–water partition coefficient (Wildman–Crippen LogP) is 1.28. The van der Waals surface area contributed by atoms with E-state index in [1.807, 2.05) is 0 Å². The number of pyridine rings is 1. The van der Waals surface area contributed by atoms with Crippen molar-refractivity contribution in [3.63, 3.8) is 0 Å². The second kappa shape index (κ2) is 5.01. The largest absolute Gasteiger partial charge is 0.494 e. The standard InChI is InChI=1S/C10H11NO3/c1-13-9-4-3-7-11-8(9)5-6-10(12)14-2/h3-7H,1-2H3. The van der Waals surface area contributed by atoms with Gasteiger partial charge in [0.15, 0.2) is 0 Å². The van der Waals surface area contributed by atoms with Gasteiger partial charge in [0.05, 0.1) is 14.2 Å². The lowest BCUT2D eigenvalue weighted by atomic mass is 10.3. The van der Waals surface area contributed by atoms with E-state index in [-0.39, 0.29) is 0 Å². The fraction of sp³-hybridized carbons (Fsp3) is 0.200. The first-order valence-corrected chi connectivity index (χ1v) is 4.03. The average molecular weight is 193 g/mol. The fourth-order valence-electron chi connectivity index (χ4n) is 0.916. The van der Waals surface area contributed by atoms with E-state index in [2.05, 4.69) is 9.72 Å². The van der Waals surface area contributed by atoms with Gasteiger partial charge in [0.2, 0.25) is 0 Å². The zero-order valence-electron chi connectivity index (χ0n) is 8.06. The molecule has 1 heterocycles. The number of carbonyl (C=O) groups excluding carboxylic acids is 1. The summed E-state index contributed by atoms with van der Waals surface area (Å²) in [5.74, 6) is 0.199. The van der Waals surface area contributed by atoms with Gasteiger partial charge in [0.1, 0.15) is 11.4 Å². The van der Waals surface area contributed by atoms with Crippen LogP contribution in [-0.2, 0) is 9.53 Å². The molecule has 4 nitrogen and oxygen atoms in total. The maximum atomic E-state index is 10.8.